The summed E-state index contributed by atoms with van der Waals surface area (Å²) in [6, 6.07) is 17.9. The summed E-state index contributed by atoms with van der Waals surface area (Å²) in [6.45, 7) is 3.97. The van der Waals surface area contributed by atoms with Crippen LogP contribution in [0.2, 0.25) is 0 Å². The monoisotopic (exact) mass is 380 g/mol. The third-order valence-corrected chi connectivity index (χ3v) is 4.20. The van der Waals surface area contributed by atoms with Gasteiger partial charge in [-0.25, -0.2) is 9.97 Å². The number of nitrogens with one attached hydrogen (secondary N) is 1. The summed E-state index contributed by atoms with van der Waals surface area (Å²) < 4.78 is 1.04. The second kappa shape index (κ2) is 7.36. The van der Waals surface area contributed by atoms with Crippen molar-refractivity contribution in [3.63, 3.8) is 0 Å². The van der Waals surface area contributed by atoms with Crippen LogP contribution in [-0.4, -0.2) is 16.2 Å². The number of hydrazone groups is 1. The molecule has 1 heterocycles. The minimum Gasteiger partial charge on any atom is -0.261 e. The van der Waals surface area contributed by atoms with Gasteiger partial charge < -0.3 is 0 Å². The molecule has 0 aliphatic carbocycles. The van der Waals surface area contributed by atoms with E-state index in [-0.39, 0.29) is 0 Å². The topological polar surface area (TPSA) is 50.2 Å². The number of anilines is 1. The van der Waals surface area contributed by atoms with Crippen molar-refractivity contribution in [1.29, 1.82) is 0 Å². The molecule has 0 bridgehead atoms. The summed E-state index contributed by atoms with van der Waals surface area (Å²) in [4.78, 5) is 9.18. The van der Waals surface area contributed by atoms with Crippen molar-refractivity contribution in [1.82, 2.24) is 9.97 Å². The van der Waals surface area contributed by atoms with Gasteiger partial charge in [0.25, 0.3) is 0 Å². The molecule has 0 saturated heterocycles. The van der Waals surface area contributed by atoms with Crippen molar-refractivity contribution < 1.29 is 0 Å². The van der Waals surface area contributed by atoms with Crippen molar-refractivity contribution in [2.24, 2.45) is 5.10 Å². The standard InChI is InChI=1S/C19H17BrN4/c1-13-14(2)22-19(16-6-4-3-5-7-16)23-18(13)24-21-12-15-8-10-17(20)11-9-15/h3-12H,1-2H3,(H,22,23,24). The van der Waals surface area contributed by atoms with E-state index in [1.807, 2.05) is 68.4 Å². The Labute approximate surface area is 149 Å². The zero-order chi connectivity index (χ0) is 16.9. The second-order valence-electron chi connectivity index (χ2n) is 5.39. The molecule has 0 spiro atoms. The van der Waals surface area contributed by atoms with E-state index in [9.17, 15) is 0 Å². The predicted octanol–water partition coefficient (Wildman–Crippen LogP) is 4.97. The number of rotatable bonds is 4. The number of hydrogen-bond acceptors (Lipinski definition) is 4. The van der Waals surface area contributed by atoms with Crippen LogP contribution in [0, 0.1) is 13.8 Å². The van der Waals surface area contributed by atoms with Crippen LogP contribution >= 0.6 is 15.9 Å². The van der Waals surface area contributed by atoms with Crippen molar-refractivity contribution in [2.45, 2.75) is 13.8 Å². The van der Waals surface area contributed by atoms with Gasteiger partial charge in [0, 0.05) is 21.3 Å². The van der Waals surface area contributed by atoms with Gasteiger partial charge in [0.1, 0.15) is 0 Å². The molecule has 0 aliphatic heterocycles. The van der Waals surface area contributed by atoms with Crippen molar-refractivity contribution >= 4 is 28.0 Å². The number of benzene rings is 2. The molecule has 0 saturated carbocycles. The summed E-state index contributed by atoms with van der Waals surface area (Å²) in [6.07, 6.45) is 1.77. The molecule has 0 fully saturated rings. The van der Waals surface area contributed by atoms with Crippen molar-refractivity contribution in [2.75, 3.05) is 5.43 Å². The number of hydrogen-bond donors (Lipinski definition) is 1. The Morgan fingerprint density at radius 2 is 1.67 bits per heavy atom. The van der Waals surface area contributed by atoms with E-state index in [4.69, 9.17) is 0 Å². The Balaban J connectivity index is 1.85. The summed E-state index contributed by atoms with van der Waals surface area (Å²) in [5, 5.41) is 4.30. The van der Waals surface area contributed by atoms with Crippen LogP contribution in [0.4, 0.5) is 5.82 Å². The maximum absolute atomic E-state index is 4.61. The lowest BCUT2D eigenvalue weighted by Crippen LogP contribution is -2.03. The number of aromatic nitrogens is 2. The van der Waals surface area contributed by atoms with Gasteiger partial charge in [-0.1, -0.05) is 58.4 Å². The van der Waals surface area contributed by atoms with E-state index in [0.717, 1.165) is 32.7 Å². The fraction of sp³-hybridized carbons (Fsp3) is 0.105. The Hall–Kier alpha value is -2.53. The van der Waals surface area contributed by atoms with Gasteiger partial charge in [0.15, 0.2) is 11.6 Å². The minimum atomic E-state index is 0.694. The van der Waals surface area contributed by atoms with Crippen LogP contribution in [0.25, 0.3) is 11.4 Å². The van der Waals surface area contributed by atoms with E-state index in [1.165, 1.54) is 0 Å². The van der Waals surface area contributed by atoms with Gasteiger partial charge in [-0.2, -0.15) is 5.10 Å². The molecule has 120 valence electrons. The summed E-state index contributed by atoms with van der Waals surface area (Å²) in [5.74, 6) is 1.41. The molecule has 1 aromatic heterocycles. The molecule has 0 aliphatic rings. The van der Waals surface area contributed by atoms with E-state index in [2.05, 4.69) is 36.4 Å². The Bertz CT molecular complexity index is 859. The second-order valence-corrected chi connectivity index (χ2v) is 6.31. The number of nitrogens with zero attached hydrogens (tertiary/aromatic N) is 3. The van der Waals surface area contributed by atoms with Crippen LogP contribution in [0.1, 0.15) is 16.8 Å². The summed E-state index contributed by atoms with van der Waals surface area (Å²) >= 11 is 3.42. The quantitative estimate of drug-likeness (QED) is 0.513. The highest BCUT2D eigenvalue weighted by atomic mass is 79.9. The lowest BCUT2D eigenvalue weighted by atomic mass is 10.2. The molecule has 3 rings (SSSR count). The fourth-order valence-electron chi connectivity index (χ4n) is 2.17. The van der Waals surface area contributed by atoms with E-state index in [0.29, 0.717) is 5.82 Å². The van der Waals surface area contributed by atoms with Gasteiger partial charge in [-0.3, -0.25) is 5.43 Å². The number of aryl methyl sites for hydroxylation is 1. The molecule has 2 aromatic carbocycles. The minimum absolute atomic E-state index is 0.694. The van der Waals surface area contributed by atoms with Gasteiger partial charge in [-0.05, 0) is 31.5 Å². The maximum Gasteiger partial charge on any atom is 0.161 e. The molecular weight excluding hydrogens is 364 g/mol. The van der Waals surface area contributed by atoms with Gasteiger partial charge in [0.2, 0.25) is 0 Å². The first-order valence-corrected chi connectivity index (χ1v) is 8.38. The summed E-state index contributed by atoms with van der Waals surface area (Å²) in [5.41, 5.74) is 6.96. The molecule has 24 heavy (non-hydrogen) atoms. The molecule has 0 radical (unpaired) electrons. The molecule has 4 nitrogen and oxygen atoms in total. The Morgan fingerprint density at radius 1 is 0.958 bits per heavy atom. The molecular formula is C19H17BrN4. The van der Waals surface area contributed by atoms with E-state index >= 15 is 0 Å². The van der Waals surface area contributed by atoms with Gasteiger partial charge >= 0.3 is 0 Å². The fourth-order valence-corrected chi connectivity index (χ4v) is 2.44. The van der Waals surface area contributed by atoms with Crippen LogP contribution in [0.5, 0.6) is 0 Å². The highest BCUT2D eigenvalue weighted by molar-refractivity contribution is 9.10. The van der Waals surface area contributed by atoms with E-state index < -0.39 is 0 Å². The molecule has 0 amide bonds. The smallest absolute Gasteiger partial charge is 0.161 e. The lowest BCUT2D eigenvalue weighted by Gasteiger charge is -2.09. The average molecular weight is 381 g/mol. The molecule has 5 heteroatoms. The molecule has 0 atom stereocenters. The first kappa shape index (κ1) is 16.3. The third-order valence-electron chi connectivity index (χ3n) is 3.68. The first-order valence-electron chi connectivity index (χ1n) is 7.59. The van der Waals surface area contributed by atoms with Crippen LogP contribution in [0.3, 0.4) is 0 Å². The van der Waals surface area contributed by atoms with Crippen LogP contribution < -0.4 is 5.43 Å². The van der Waals surface area contributed by atoms with Crippen molar-refractivity contribution in [3.8, 4) is 11.4 Å². The van der Waals surface area contributed by atoms with Crippen LogP contribution in [0.15, 0.2) is 64.2 Å². The van der Waals surface area contributed by atoms with E-state index in [1.54, 1.807) is 6.21 Å². The SMILES string of the molecule is Cc1nc(-c2ccccc2)nc(NN=Cc2ccc(Br)cc2)c1C. The zero-order valence-electron chi connectivity index (χ0n) is 13.5. The van der Waals surface area contributed by atoms with Crippen molar-refractivity contribution in [3.05, 3.63) is 75.9 Å². The highest BCUT2D eigenvalue weighted by Gasteiger charge is 2.08. The largest absolute Gasteiger partial charge is 0.261 e. The first-order chi connectivity index (χ1) is 11.6. The predicted molar refractivity (Wildman–Crippen MR) is 102 cm³/mol. The third kappa shape index (κ3) is 3.86. The molecule has 3 aromatic rings. The Kier molecular flexibility index (Phi) is 5.01. The zero-order valence-corrected chi connectivity index (χ0v) is 15.1. The van der Waals surface area contributed by atoms with Crippen LogP contribution in [-0.2, 0) is 0 Å². The lowest BCUT2D eigenvalue weighted by molar-refractivity contribution is 1.06. The Morgan fingerprint density at radius 3 is 2.38 bits per heavy atom. The molecule has 1 N–H and O–H groups in total. The number of halogens is 1. The average Bonchev–Trinajstić information content (AvgIpc) is 2.61. The maximum atomic E-state index is 4.61. The van der Waals surface area contributed by atoms with Gasteiger partial charge in [0.05, 0.1) is 6.21 Å². The molecule has 0 unspecified atom stereocenters. The normalized spacial score (nSPS) is 11.0. The summed E-state index contributed by atoms with van der Waals surface area (Å²) in [7, 11) is 0. The highest BCUT2D eigenvalue weighted by Crippen LogP contribution is 2.21. The van der Waals surface area contributed by atoms with Gasteiger partial charge in [-0.15, -0.1) is 0 Å².